The molecule has 0 saturated carbocycles. The minimum Gasteiger partial charge on any atom is -0.378 e. The SMILES string of the molecule is CCCn1c(-c2cccc(C(=O)NCc3ccc(N(C)C)cc3)c2)nc2cccnc21. The number of amides is 1. The smallest absolute Gasteiger partial charge is 0.251 e. The van der Waals surface area contributed by atoms with E-state index in [1.807, 2.05) is 74.8 Å². The molecule has 0 bridgehead atoms. The number of carbonyl (C=O) groups excluding carboxylic acids is 1. The van der Waals surface area contributed by atoms with Crippen LogP contribution in [-0.4, -0.2) is 34.5 Å². The molecular weight excluding hydrogens is 386 g/mol. The van der Waals surface area contributed by atoms with Crippen LogP contribution in [-0.2, 0) is 13.1 Å². The molecule has 2 heterocycles. The van der Waals surface area contributed by atoms with E-state index in [1.165, 1.54) is 0 Å². The summed E-state index contributed by atoms with van der Waals surface area (Å²) in [5.41, 5.74) is 5.45. The number of anilines is 1. The molecule has 4 rings (SSSR count). The molecule has 0 radical (unpaired) electrons. The van der Waals surface area contributed by atoms with Gasteiger partial charge in [0.25, 0.3) is 5.91 Å². The molecule has 1 N–H and O–H groups in total. The Morgan fingerprint density at radius 3 is 2.61 bits per heavy atom. The van der Waals surface area contributed by atoms with Gasteiger partial charge in [0.1, 0.15) is 11.3 Å². The molecule has 0 aliphatic carbocycles. The zero-order valence-corrected chi connectivity index (χ0v) is 18.2. The Bertz CT molecular complexity index is 1190. The molecule has 0 unspecified atom stereocenters. The number of rotatable bonds is 7. The molecule has 0 aliphatic heterocycles. The molecule has 2 aromatic heterocycles. The minimum absolute atomic E-state index is 0.102. The molecule has 1 amide bonds. The topological polar surface area (TPSA) is 63.1 Å². The molecule has 6 nitrogen and oxygen atoms in total. The second kappa shape index (κ2) is 9.00. The summed E-state index contributed by atoms with van der Waals surface area (Å²) in [6.07, 6.45) is 2.76. The molecule has 6 heteroatoms. The molecule has 0 saturated heterocycles. The first-order valence-electron chi connectivity index (χ1n) is 10.5. The highest BCUT2D eigenvalue weighted by molar-refractivity contribution is 5.95. The molecular formula is C25H27N5O. The van der Waals surface area contributed by atoms with Gasteiger partial charge in [-0.2, -0.15) is 0 Å². The molecule has 0 spiro atoms. The van der Waals surface area contributed by atoms with Gasteiger partial charge in [-0.15, -0.1) is 0 Å². The van der Waals surface area contributed by atoms with Crippen LogP contribution in [0, 0.1) is 0 Å². The van der Waals surface area contributed by atoms with E-state index < -0.39 is 0 Å². The number of hydrogen-bond donors (Lipinski definition) is 1. The summed E-state index contributed by atoms with van der Waals surface area (Å²) in [6.45, 7) is 3.44. The maximum Gasteiger partial charge on any atom is 0.251 e. The van der Waals surface area contributed by atoms with Gasteiger partial charge in [-0.25, -0.2) is 9.97 Å². The highest BCUT2D eigenvalue weighted by atomic mass is 16.1. The van der Waals surface area contributed by atoms with Crippen LogP contribution >= 0.6 is 0 Å². The average Bonchev–Trinajstić information content (AvgIpc) is 3.17. The molecule has 158 valence electrons. The van der Waals surface area contributed by atoms with Crippen molar-refractivity contribution in [2.75, 3.05) is 19.0 Å². The van der Waals surface area contributed by atoms with Gasteiger partial charge in [0.05, 0.1) is 0 Å². The number of pyridine rings is 1. The first-order chi connectivity index (χ1) is 15.1. The Morgan fingerprint density at radius 1 is 1.06 bits per heavy atom. The van der Waals surface area contributed by atoms with E-state index in [1.54, 1.807) is 6.20 Å². The standard InChI is InChI=1S/C25H27N5O/c1-4-15-30-23(28-22-9-6-14-26-24(22)30)19-7-5-8-20(16-19)25(31)27-17-18-10-12-21(13-11-18)29(2)3/h5-14,16H,4,15,17H2,1-3H3,(H,27,31). The van der Waals surface area contributed by atoms with Crippen LogP contribution in [0.1, 0.15) is 29.3 Å². The maximum atomic E-state index is 12.8. The lowest BCUT2D eigenvalue weighted by molar-refractivity contribution is 0.0951. The number of imidazole rings is 1. The number of nitrogens with one attached hydrogen (secondary N) is 1. The third-order valence-electron chi connectivity index (χ3n) is 5.24. The van der Waals surface area contributed by atoms with Gasteiger partial charge in [0.2, 0.25) is 0 Å². The Labute approximate surface area is 182 Å². The Kier molecular flexibility index (Phi) is 5.98. The molecule has 0 fully saturated rings. The van der Waals surface area contributed by atoms with Crippen molar-refractivity contribution in [3.8, 4) is 11.4 Å². The van der Waals surface area contributed by atoms with Crippen molar-refractivity contribution < 1.29 is 4.79 Å². The van der Waals surface area contributed by atoms with Gasteiger partial charge in [-0.05, 0) is 48.4 Å². The van der Waals surface area contributed by atoms with Gasteiger partial charge in [0, 0.05) is 50.2 Å². The molecule has 4 aromatic rings. The fourth-order valence-corrected chi connectivity index (χ4v) is 3.61. The highest BCUT2D eigenvalue weighted by Crippen LogP contribution is 2.25. The van der Waals surface area contributed by atoms with Crippen LogP contribution in [0.25, 0.3) is 22.6 Å². The van der Waals surface area contributed by atoms with Crippen molar-refractivity contribution in [1.82, 2.24) is 19.9 Å². The fraction of sp³-hybridized carbons (Fsp3) is 0.240. The van der Waals surface area contributed by atoms with Crippen LogP contribution in [0.4, 0.5) is 5.69 Å². The normalized spacial score (nSPS) is 10.9. The number of aryl methyl sites for hydroxylation is 1. The summed E-state index contributed by atoms with van der Waals surface area (Å²) in [6, 6.07) is 19.7. The van der Waals surface area contributed by atoms with Gasteiger partial charge in [0.15, 0.2) is 5.65 Å². The summed E-state index contributed by atoms with van der Waals surface area (Å²) in [5.74, 6) is 0.735. The van der Waals surface area contributed by atoms with Crippen molar-refractivity contribution in [1.29, 1.82) is 0 Å². The van der Waals surface area contributed by atoms with E-state index in [-0.39, 0.29) is 5.91 Å². The number of aromatic nitrogens is 3. The Hall–Kier alpha value is -3.67. The highest BCUT2D eigenvalue weighted by Gasteiger charge is 2.14. The van der Waals surface area contributed by atoms with Gasteiger partial charge < -0.3 is 14.8 Å². The molecule has 0 atom stereocenters. The molecule has 31 heavy (non-hydrogen) atoms. The summed E-state index contributed by atoms with van der Waals surface area (Å²) in [7, 11) is 4.02. The van der Waals surface area contributed by atoms with E-state index in [4.69, 9.17) is 4.98 Å². The van der Waals surface area contributed by atoms with Crippen LogP contribution < -0.4 is 10.2 Å². The largest absolute Gasteiger partial charge is 0.378 e. The second-order valence-corrected chi connectivity index (χ2v) is 7.76. The number of nitrogens with zero attached hydrogens (tertiary/aromatic N) is 4. The quantitative estimate of drug-likeness (QED) is 0.484. The number of benzene rings is 2. The lowest BCUT2D eigenvalue weighted by atomic mass is 10.1. The van der Waals surface area contributed by atoms with Gasteiger partial charge >= 0.3 is 0 Å². The lowest BCUT2D eigenvalue weighted by Crippen LogP contribution is -2.22. The average molecular weight is 414 g/mol. The van der Waals surface area contributed by atoms with E-state index in [0.717, 1.165) is 46.8 Å². The lowest BCUT2D eigenvalue weighted by Gasteiger charge is -2.13. The predicted octanol–water partition coefficient (Wildman–Crippen LogP) is 4.50. The van der Waals surface area contributed by atoms with E-state index in [0.29, 0.717) is 12.1 Å². The first-order valence-corrected chi connectivity index (χ1v) is 10.5. The van der Waals surface area contributed by atoms with Gasteiger partial charge in [-0.3, -0.25) is 4.79 Å². The monoisotopic (exact) mass is 413 g/mol. The van der Waals surface area contributed by atoms with Crippen LogP contribution in [0.3, 0.4) is 0 Å². The van der Waals surface area contributed by atoms with E-state index >= 15 is 0 Å². The summed E-state index contributed by atoms with van der Waals surface area (Å²) < 4.78 is 2.12. The number of hydrogen-bond acceptors (Lipinski definition) is 4. The van der Waals surface area contributed by atoms with Crippen LogP contribution in [0.5, 0.6) is 0 Å². The van der Waals surface area contributed by atoms with Crippen molar-refractivity contribution in [3.05, 3.63) is 78.0 Å². The summed E-state index contributed by atoms with van der Waals surface area (Å²) in [4.78, 5) is 24.1. The Balaban J connectivity index is 1.55. The van der Waals surface area contributed by atoms with E-state index in [2.05, 4.69) is 26.7 Å². The maximum absolute atomic E-state index is 12.8. The third-order valence-corrected chi connectivity index (χ3v) is 5.24. The zero-order chi connectivity index (χ0) is 21.8. The van der Waals surface area contributed by atoms with Crippen LogP contribution in [0.15, 0.2) is 66.9 Å². The Morgan fingerprint density at radius 2 is 1.87 bits per heavy atom. The number of carbonyl (C=O) groups is 1. The van der Waals surface area contributed by atoms with Crippen molar-refractivity contribution in [2.45, 2.75) is 26.4 Å². The van der Waals surface area contributed by atoms with Crippen molar-refractivity contribution >= 4 is 22.8 Å². The number of fused-ring (bicyclic) bond motifs is 1. The molecule has 2 aromatic carbocycles. The zero-order valence-electron chi connectivity index (χ0n) is 18.2. The third kappa shape index (κ3) is 4.43. The minimum atomic E-state index is -0.102. The van der Waals surface area contributed by atoms with E-state index in [9.17, 15) is 4.79 Å². The van der Waals surface area contributed by atoms with Crippen molar-refractivity contribution in [2.24, 2.45) is 0 Å². The predicted molar refractivity (Wildman–Crippen MR) is 125 cm³/mol. The molecule has 0 aliphatic rings. The van der Waals surface area contributed by atoms with Crippen molar-refractivity contribution in [3.63, 3.8) is 0 Å². The van der Waals surface area contributed by atoms with Gasteiger partial charge in [-0.1, -0.05) is 31.2 Å². The second-order valence-electron chi connectivity index (χ2n) is 7.76. The summed E-state index contributed by atoms with van der Waals surface area (Å²) >= 11 is 0. The first kappa shape index (κ1) is 20.6. The summed E-state index contributed by atoms with van der Waals surface area (Å²) in [5, 5.41) is 3.02. The van der Waals surface area contributed by atoms with Crippen LogP contribution in [0.2, 0.25) is 0 Å². The fourth-order valence-electron chi connectivity index (χ4n) is 3.61.